The fourth-order valence-corrected chi connectivity index (χ4v) is 8.79. The highest BCUT2D eigenvalue weighted by atomic mass is 31.2. The summed E-state index contributed by atoms with van der Waals surface area (Å²) in [5.41, 5.74) is 0. The SMILES string of the molecule is CCCCCCC/C=C/CCCCCCCC(=O)OC[C@H](COP(=O)(O)OC1C(O)C(O)C(O)[C@H](O)C1O)OC(=O)CCCCCCCCCCCCCCCCCCCCC. The predicted octanol–water partition coefficient (Wildman–Crippen LogP) is 10.2. The Kier molecular flexibility index (Phi) is 36.7. The fourth-order valence-electron chi connectivity index (χ4n) is 7.81. The average molecular weight is 907 g/mol. The number of rotatable bonds is 42. The van der Waals surface area contributed by atoms with Gasteiger partial charge in [0.05, 0.1) is 6.61 Å². The molecule has 1 rings (SSSR count). The maximum atomic E-state index is 12.8. The molecule has 1 aliphatic rings. The maximum Gasteiger partial charge on any atom is 0.472 e. The number of hydrogen-bond donors (Lipinski definition) is 6. The maximum absolute atomic E-state index is 12.8. The molecule has 1 fully saturated rings. The lowest BCUT2D eigenvalue weighted by Gasteiger charge is -2.41. The normalized spacial score (nSPS) is 21.9. The summed E-state index contributed by atoms with van der Waals surface area (Å²) in [4.78, 5) is 35.8. The molecule has 13 nitrogen and oxygen atoms in total. The number of allylic oxidation sites excluding steroid dienone is 2. The molecule has 0 saturated heterocycles. The second-order valence-electron chi connectivity index (χ2n) is 17.7. The zero-order valence-corrected chi connectivity index (χ0v) is 39.8. The quantitative estimate of drug-likeness (QED) is 0.0146. The van der Waals surface area contributed by atoms with Crippen LogP contribution in [0.25, 0.3) is 0 Å². The van der Waals surface area contributed by atoms with Gasteiger partial charge in [-0.2, -0.15) is 0 Å². The third-order valence-electron chi connectivity index (χ3n) is 11.9. The van der Waals surface area contributed by atoms with Crippen molar-refractivity contribution in [3.63, 3.8) is 0 Å². The van der Waals surface area contributed by atoms with Crippen LogP contribution >= 0.6 is 7.82 Å². The highest BCUT2D eigenvalue weighted by molar-refractivity contribution is 7.47. The minimum atomic E-state index is -5.12. The van der Waals surface area contributed by atoms with Crippen LogP contribution in [0, 0.1) is 0 Å². The molecule has 62 heavy (non-hydrogen) atoms. The Hall–Kier alpha value is -1.41. The smallest absolute Gasteiger partial charge is 0.462 e. The van der Waals surface area contributed by atoms with Crippen LogP contribution in [0.3, 0.4) is 0 Å². The van der Waals surface area contributed by atoms with Crippen molar-refractivity contribution in [1.82, 2.24) is 0 Å². The Morgan fingerprint density at radius 3 is 1.23 bits per heavy atom. The largest absolute Gasteiger partial charge is 0.472 e. The molecule has 366 valence electrons. The van der Waals surface area contributed by atoms with Gasteiger partial charge >= 0.3 is 19.8 Å². The Labute approximate surface area is 375 Å². The van der Waals surface area contributed by atoms with Gasteiger partial charge in [0.25, 0.3) is 0 Å². The molecule has 0 aromatic carbocycles. The lowest BCUT2D eigenvalue weighted by molar-refractivity contribution is -0.220. The second-order valence-corrected chi connectivity index (χ2v) is 19.1. The monoisotopic (exact) mass is 907 g/mol. The van der Waals surface area contributed by atoms with Crippen molar-refractivity contribution in [2.45, 2.75) is 268 Å². The molecule has 0 heterocycles. The standard InChI is InChI=1S/C48H91O13P/c1-3-5-7-9-11-13-15-17-19-20-21-22-23-25-27-29-31-33-35-37-42(50)60-40(39-59-62(56,57)61-48-46(54)44(52)43(51)45(53)47(48)55)38-58-41(49)36-34-32-30-28-26-24-18-16-14-12-10-8-6-4-2/h16,18,40,43-48,51-55H,3-15,17,19-39H2,1-2H3,(H,56,57)/b18-16+/t40-,43?,44+,45?,46?,47?,48?/m1/s1. The van der Waals surface area contributed by atoms with E-state index in [1.54, 1.807) is 0 Å². The van der Waals surface area contributed by atoms with Crippen molar-refractivity contribution in [2.75, 3.05) is 13.2 Å². The van der Waals surface area contributed by atoms with Crippen LogP contribution in [-0.4, -0.2) is 98.3 Å². The Balaban J connectivity index is 2.40. The van der Waals surface area contributed by atoms with Crippen molar-refractivity contribution in [1.29, 1.82) is 0 Å². The molecule has 6 unspecified atom stereocenters. The molecule has 14 heteroatoms. The van der Waals surface area contributed by atoms with Gasteiger partial charge in [0.15, 0.2) is 6.10 Å². The van der Waals surface area contributed by atoms with E-state index in [9.17, 15) is 44.6 Å². The number of carbonyl (C=O) groups is 2. The van der Waals surface area contributed by atoms with E-state index in [0.717, 1.165) is 57.8 Å². The van der Waals surface area contributed by atoms with Gasteiger partial charge in [-0.3, -0.25) is 18.6 Å². The minimum absolute atomic E-state index is 0.101. The van der Waals surface area contributed by atoms with Crippen LogP contribution in [0.2, 0.25) is 0 Å². The van der Waals surface area contributed by atoms with E-state index in [0.29, 0.717) is 12.8 Å². The van der Waals surface area contributed by atoms with E-state index < -0.39 is 75.7 Å². The lowest BCUT2D eigenvalue weighted by Crippen LogP contribution is -2.64. The number of unbranched alkanes of at least 4 members (excludes halogenated alkanes) is 28. The Morgan fingerprint density at radius 2 is 0.823 bits per heavy atom. The van der Waals surface area contributed by atoms with Gasteiger partial charge in [-0.15, -0.1) is 0 Å². The first kappa shape index (κ1) is 58.6. The summed E-state index contributed by atoms with van der Waals surface area (Å²) in [6.45, 7) is 3.31. The van der Waals surface area contributed by atoms with E-state index in [2.05, 4.69) is 26.0 Å². The van der Waals surface area contributed by atoms with Crippen LogP contribution in [0.5, 0.6) is 0 Å². The number of phosphoric ester groups is 1. The number of ether oxygens (including phenoxy) is 2. The van der Waals surface area contributed by atoms with Gasteiger partial charge in [-0.1, -0.05) is 187 Å². The molecular formula is C48H91O13P. The second kappa shape index (κ2) is 38.8. The van der Waals surface area contributed by atoms with E-state index in [1.807, 2.05) is 0 Å². The van der Waals surface area contributed by atoms with Crippen molar-refractivity contribution < 1.29 is 63.1 Å². The topological polar surface area (TPSA) is 210 Å². The number of carbonyl (C=O) groups excluding carboxylic acids is 2. The van der Waals surface area contributed by atoms with Crippen molar-refractivity contribution >= 4 is 19.8 Å². The summed E-state index contributed by atoms with van der Waals surface area (Å²) in [6, 6.07) is 0. The van der Waals surface area contributed by atoms with E-state index in [4.69, 9.17) is 18.5 Å². The molecule has 0 radical (unpaired) electrons. The van der Waals surface area contributed by atoms with Gasteiger partial charge in [-0.25, -0.2) is 4.57 Å². The molecule has 0 bridgehead atoms. The zero-order valence-electron chi connectivity index (χ0n) is 38.9. The number of aliphatic hydroxyl groups excluding tert-OH is 5. The number of esters is 2. The molecule has 0 amide bonds. The molecule has 0 aliphatic heterocycles. The third kappa shape index (κ3) is 30.7. The third-order valence-corrected chi connectivity index (χ3v) is 12.8. The number of hydrogen-bond acceptors (Lipinski definition) is 12. The lowest BCUT2D eigenvalue weighted by atomic mass is 9.85. The Morgan fingerprint density at radius 1 is 0.484 bits per heavy atom. The first-order valence-electron chi connectivity index (χ1n) is 25.0. The van der Waals surface area contributed by atoms with Gasteiger partial charge < -0.3 is 39.9 Å². The average Bonchev–Trinajstić information content (AvgIpc) is 3.25. The van der Waals surface area contributed by atoms with E-state index in [-0.39, 0.29) is 12.8 Å². The molecule has 0 aromatic heterocycles. The van der Waals surface area contributed by atoms with Crippen LogP contribution in [0.1, 0.15) is 226 Å². The molecule has 0 spiro atoms. The van der Waals surface area contributed by atoms with Gasteiger partial charge in [-0.05, 0) is 38.5 Å². The van der Waals surface area contributed by atoms with E-state index in [1.165, 1.54) is 128 Å². The van der Waals surface area contributed by atoms with Gasteiger partial charge in [0.2, 0.25) is 0 Å². The summed E-state index contributed by atoms with van der Waals surface area (Å²) < 4.78 is 33.6. The van der Waals surface area contributed by atoms with Crippen LogP contribution < -0.4 is 0 Å². The summed E-state index contributed by atoms with van der Waals surface area (Å²) in [7, 11) is -5.12. The summed E-state index contributed by atoms with van der Waals surface area (Å²) in [5, 5.41) is 50.2. The van der Waals surface area contributed by atoms with Crippen LogP contribution in [-0.2, 0) is 32.7 Å². The predicted molar refractivity (Wildman–Crippen MR) is 244 cm³/mol. The van der Waals surface area contributed by atoms with Crippen molar-refractivity contribution in [2.24, 2.45) is 0 Å². The summed E-state index contributed by atoms with van der Waals surface area (Å²) in [5.74, 6) is -1.10. The highest BCUT2D eigenvalue weighted by Gasteiger charge is 2.51. The molecular weight excluding hydrogens is 815 g/mol. The van der Waals surface area contributed by atoms with Crippen molar-refractivity contribution in [3.8, 4) is 0 Å². The first-order chi connectivity index (χ1) is 29.9. The number of phosphoric acid groups is 1. The first-order valence-corrected chi connectivity index (χ1v) is 26.5. The van der Waals surface area contributed by atoms with Crippen LogP contribution in [0.4, 0.5) is 0 Å². The van der Waals surface area contributed by atoms with E-state index >= 15 is 0 Å². The number of aliphatic hydroxyl groups is 5. The zero-order chi connectivity index (χ0) is 45.7. The Bertz CT molecular complexity index is 1140. The molecule has 0 aromatic rings. The van der Waals surface area contributed by atoms with Gasteiger partial charge in [0.1, 0.15) is 43.2 Å². The minimum Gasteiger partial charge on any atom is -0.462 e. The summed E-state index contributed by atoms with van der Waals surface area (Å²) >= 11 is 0. The molecule has 8 atom stereocenters. The summed E-state index contributed by atoms with van der Waals surface area (Å²) in [6.07, 6.45) is 28.3. The molecule has 6 N–H and O–H groups in total. The van der Waals surface area contributed by atoms with Crippen LogP contribution in [0.15, 0.2) is 12.2 Å². The fraction of sp³-hybridized carbons (Fsp3) is 0.917. The van der Waals surface area contributed by atoms with Gasteiger partial charge in [0, 0.05) is 12.8 Å². The van der Waals surface area contributed by atoms with Crippen molar-refractivity contribution in [3.05, 3.63) is 12.2 Å². The molecule has 1 aliphatic carbocycles. The highest BCUT2D eigenvalue weighted by Crippen LogP contribution is 2.47. The molecule has 1 saturated carbocycles.